The molecule has 2 heterocycles. The largest absolute Gasteiger partial charge is 0.366 e. The van der Waals surface area contributed by atoms with Crippen LogP contribution in [-0.2, 0) is 10.0 Å². The first kappa shape index (κ1) is 12.1. The molecular formula is C10H10BrN3O2S. The maximum absolute atomic E-state index is 12.1. The minimum Gasteiger partial charge on any atom is -0.366 e. The van der Waals surface area contributed by atoms with E-state index in [0.717, 1.165) is 8.78 Å². The minimum atomic E-state index is -3.54. The molecule has 0 radical (unpaired) electrons. The van der Waals surface area contributed by atoms with Crippen LogP contribution in [0.3, 0.4) is 0 Å². The van der Waals surface area contributed by atoms with Crippen molar-refractivity contribution in [1.82, 2.24) is 9.97 Å². The standard InChI is InChI=1S/C10H10BrN3O2S/c1-14(10-3-2-8(11)6-13-10)17(15,16)9-4-5-12-7-9/h2-7,12H,1H3. The van der Waals surface area contributed by atoms with E-state index in [0.29, 0.717) is 5.82 Å². The topological polar surface area (TPSA) is 66.1 Å². The number of hydrogen-bond donors (Lipinski definition) is 1. The van der Waals surface area contributed by atoms with E-state index in [-0.39, 0.29) is 4.90 Å². The normalized spacial score (nSPS) is 11.4. The van der Waals surface area contributed by atoms with Gasteiger partial charge in [-0.05, 0) is 34.1 Å². The Morgan fingerprint density at radius 1 is 1.35 bits per heavy atom. The Morgan fingerprint density at radius 2 is 2.12 bits per heavy atom. The van der Waals surface area contributed by atoms with Crippen molar-refractivity contribution in [2.45, 2.75) is 4.90 Å². The molecule has 0 aliphatic carbocycles. The summed E-state index contributed by atoms with van der Waals surface area (Å²) in [5.41, 5.74) is 0. The summed E-state index contributed by atoms with van der Waals surface area (Å²) < 4.78 is 26.2. The number of rotatable bonds is 3. The average molecular weight is 316 g/mol. The third kappa shape index (κ3) is 2.34. The van der Waals surface area contributed by atoms with Crippen molar-refractivity contribution in [1.29, 1.82) is 0 Å². The lowest BCUT2D eigenvalue weighted by molar-refractivity contribution is 0.594. The fourth-order valence-electron chi connectivity index (χ4n) is 1.30. The highest BCUT2D eigenvalue weighted by atomic mass is 79.9. The lowest BCUT2D eigenvalue weighted by Crippen LogP contribution is -2.26. The Kier molecular flexibility index (Phi) is 3.21. The van der Waals surface area contributed by atoms with Gasteiger partial charge in [-0.3, -0.25) is 4.31 Å². The molecule has 0 saturated carbocycles. The van der Waals surface area contributed by atoms with Gasteiger partial charge in [-0.2, -0.15) is 0 Å². The van der Waals surface area contributed by atoms with Gasteiger partial charge in [0.25, 0.3) is 10.0 Å². The predicted molar refractivity (Wildman–Crippen MR) is 68.3 cm³/mol. The van der Waals surface area contributed by atoms with Crippen molar-refractivity contribution in [2.24, 2.45) is 0 Å². The molecule has 0 aliphatic rings. The summed E-state index contributed by atoms with van der Waals surface area (Å²) in [5.74, 6) is 0.370. The molecule has 17 heavy (non-hydrogen) atoms. The van der Waals surface area contributed by atoms with E-state index in [1.54, 1.807) is 24.5 Å². The van der Waals surface area contributed by atoms with Crippen LogP contribution in [0.2, 0.25) is 0 Å². The van der Waals surface area contributed by atoms with E-state index in [1.807, 2.05) is 0 Å². The van der Waals surface area contributed by atoms with Crippen molar-refractivity contribution in [3.63, 3.8) is 0 Å². The summed E-state index contributed by atoms with van der Waals surface area (Å²) in [6, 6.07) is 4.88. The summed E-state index contributed by atoms with van der Waals surface area (Å²) in [6.07, 6.45) is 4.55. The number of H-pyrrole nitrogens is 1. The van der Waals surface area contributed by atoms with Crippen LogP contribution < -0.4 is 4.31 Å². The van der Waals surface area contributed by atoms with E-state index in [2.05, 4.69) is 25.9 Å². The van der Waals surface area contributed by atoms with Gasteiger partial charge >= 0.3 is 0 Å². The van der Waals surface area contributed by atoms with Crippen molar-refractivity contribution >= 4 is 31.8 Å². The summed E-state index contributed by atoms with van der Waals surface area (Å²) in [7, 11) is -2.07. The number of sulfonamides is 1. The summed E-state index contributed by atoms with van der Waals surface area (Å²) in [4.78, 5) is 6.97. The van der Waals surface area contributed by atoms with Crippen LogP contribution in [0.5, 0.6) is 0 Å². The number of aromatic nitrogens is 2. The fraction of sp³-hybridized carbons (Fsp3) is 0.100. The Hall–Kier alpha value is -1.34. The van der Waals surface area contributed by atoms with E-state index in [9.17, 15) is 8.42 Å². The number of hydrogen-bond acceptors (Lipinski definition) is 3. The SMILES string of the molecule is CN(c1ccc(Br)cn1)S(=O)(=O)c1cc[nH]c1. The highest BCUT2D eigenvalue weighted by molar-refractivity contribution is 9.10. The van der Waals surface area contributed by atoms with Gasteiger partial charge < -0.3 is 4.98 Å². The molecule has 0 atom stereocenters. The molecule has 0 fully saturated rings. The van der Waals surface area contributed by atoms with Gasteiger partial charge in [0.1, 0.15) is 10.7 Å². The van der Waals surface area contributed by atoms with Crippen molar-refractivity contribution in [2.75, 3.05) is 11.4 Å². The smallest absolute Gasteiger partial charge is 0.266 e. The van der Waals surface area contributed by atoms with Crippen LogP contribution in [0.15, 0.2) is 46.2 Å². The monoisotopic (exact) mass is 315 g/mol. The first-order valence-corrected chi connectivity index (χ1v) is 6.98. The molecular weight excluding hydrogens is 306 g/mol. The minimum absolute atomic E-state index is 0.213. The van der Waals surface area contributed by atoms with Crippen LogP contribution in [0.1, 0.15) is 0 Å². The molecule has 90 valence electrons. The highest BCUT2D eigenvalue weighted by Gasteiger charge is 2.22. The molecule has 1 N–H and O–H groups in total. The summed E-state index contributed by atoms with van der Waals surface area (Å²) in [6.45, 7) is 0. The van der Waals surface area contributed by atoms with Gasteiger partial charge in [0.2, 0.25) is 0 Å². The van der Waals surface area contributed by atoms with E-state index >= 15 is 0 Å². The number of anilines is 1. The van der Waals surface area contributed by atoms with Gasteiger partial charge in [0.05, 0.1) is 0 Å². The fourth-order valence-corrected chi connectivity index (χ4v) is 2.67. The van der Waals surface area contributed by atoms with Crippen LogP contribution in [0.25, 0.3) is 0 Å². The molecule has 0 aliphatic heterocycles. The van der Waals surface area contributed by atoms with Gasteiger partial charge in [-0.15, -0.1) is 0 Å². The van der Waals surface area contributed by atoms with Crippen LogP contribution in [-0.4, -0.2) is 25.4 Å². The summed E-state index contributed by atoms with van der Waals surface area (Å²) >= 11 is 3.25. The number of pyridine rings is 1. The maximum Gasteiger partial charge on any atom is 0.266 e. The van der Waals surface area contributed by atoms with E-state index in [1.165, 1.54) is 19.3 Å². The Balaban J connectivity index is 2.38. The number of nitrogens with one attached hydrogen (secondary N) is 1. The van der Waals surface area contributed by atoms with Crippen LogP contribution in [0.4, 0.5) is 5.82 Å². The molecule has 0 unspecified atom stereocenters. The third-order valence-electron chi connectivity index (χ3n) is 2.26. The van der Waals surface area contributed by atoms with Crippen molar-refractivity contribution in [3.05, 3.63) is 41.3 Å². The first-order valence-electron chi connectivity index (χ1n) is 4.75. The molecule has 0 bridgehead atoms. The van der Waals surface area contributed by atoms with Gasteiger partial charge in [0.15, 0.2) is 0 Å². The van der Waals surface area contributed by atoms with Gasteiger partial charge in [-0.1, -0.05) is 0 Å². The number of nitrogens with zero attached hydrogens (tertiary/aromatic N) is 2. The molecule has 7 heteroatoms. The summed E-state index contributed by atoms with van der Waals surface area (Å²) in [5, 5.41) is 0. The van der Waals surface area contributed by atoms with Crippen molar-refractivity contribution in [3.8, 4) is 0 Å². The zero-order chi connectivity index (χ0) is 12.5. The Labute approximate surface area is 108 Å². The molecule has 5 nitrogen and oxygen atoms in total. The molecule has 2 aromatic heterocycles. The second kappa shape index (κ2) is 4.50. The zero-order valence-corrected chi connectivity index (χ0v) is 11.4. The maximum atomic E-state index is 12.1. The quantitative estimate of drug-likeness (QED) is 0.942. The van der Waals surface area contributed by atoms with Crippen LogP contribution in [0, 0.1) is 0 Å². The highest BCUT2D eigenvalue weighted by Crippen LogP contribution is 2.20. The van der Waals surface area contributed by atoms with Gasteiger partial charge in [-0.25, -0.2) is 13.4 Å². The number of halogens is 1. The lowest BCUT2D eigenvalue weighted by atomic mass is 10.5. The zero-order valence-electron chi connectivity index (χ0n) is 8.96. The molecule has 0 saturated heterocycles. The molecule has 2 rings (SSSR count). The molecule has 0 aromatic carbocycles. The van der Waals surface area contributed by atoms with E-state index in [4.69, 9.17) is 0 Å². The molecule has 0 amide bonds. The Morgan fingerprint density at radius 3 is 2.65 bits per heavy atom. The first-order chi connectivity index (χ1) is 8.01. The average Bonchev–Trinajstić information content (AvgIpc) is 2.83. The van der Waals surface area contributed by atoms with E-state index < -0.39 is 10.0 Å². The predicted octanol–water partition coefficient (Wildman–Crippen LogP) is 2.00. The molecule has 2 aromatic rings. The Bertz CT molecular complexity index is 593. The number of aromatic amines is 1. The molecule has 0 spiro atoms. The van der Waals surface area contributed by atoms with Gasteiger partial charge in [0, 0.05) is 30.1 Å². The third-order valence-corrected chi connectivity index (χ3v) is 4.49. The van der Waals surface area contributed by atoms with Crippen molar-refractivity contribution < 1.29 is 8.42 Å². The second-order valence-corrected chi connectivity index (χ2v) is 6.24. The lowest BCUT2D eigenvalue weighted by Gasteiger charge is -2.17. The van der Waals surface area contributed by atoms with Crippen LogP contribution >= 0.6 is 15.9 Å². The second-order valence-electron chi connectivity index (χ2n) is 3.35.